The van der Waals surface area contributed by atoms with Gasteiger partial charge in [-0.25, -0.2) is 0 Å². The predicted octanol–water partition coefficient (Wildman–Crippen LogP) is 5.34. The van der Waals surface area contributed by atoms with Gasteiger partial charge in [0.1, 0.15) is 17.9 Å². The summed E-state index contributed by atoms with van der Waals surface area (Å²) in [4.78, 5) is 22.1. The van der Waals surface area contributed by atoms with E-state index in [1.54, 1.807) is 12.0 Å². The number of aromatic hydroxyl groups is 1. The summed E-state index contributed by atoms with van der Waals surface area (Å²) in [5.41, 5.74) is 4.79. The van der Waals surface area contributed by atoms with Crippen molar-refractivity contribution in [2.75, 3.05) is 31.6 Å². The second-order valence-corrected chi connectivity index (χ2v) is 16.4. The summed E-state index contributed by atoms with van der Waals surface area (Å²) in [7, 11) is 2.03. The van der Waals surface area contributed by atoms with Crippen LogP contribution in [0.3, 0.4) is 0 Å². The Morgan fingerprint density at radius 1 is 1.04 bits per heavy atom. The lowest BCUT2D eigenvalue weighted by Crippen LogP contribution is -2.51. The highest BCUT2D eigenvalue weighted by Crippen LogP contribution is 2.65. The fraction of sp³-hybridized carbons (Fsp3) is 0.558. The third kappa shape index (κ3) is 6.98. The number of nitrogens with one attached hydrogen (secondary N) is 1. The molecule has 1 saturated heterocycles. The van der Waals surface area contributed by atoms with Gasteiger partial charge in [-0.05, 0) is 122 Å². The molecule has 2 saturated carbocycles. The van der Waals surface area contributed by atoms with E-state index >= 15 is 0 Å². The van der Waals surface area contributed by atoms with E-state index in [1.807, 2.05) is 49.5 Å². The minimum absolute atomic E-state index is 0.186. The highest BCUT2D eigenvalue weighted by Gasteiger charge is 2.61. The minimum Gasteiger partial charge on any atom is -0.508 e. The normalized spacial score (nSPS) is 31.7. The Hall–Kier alpha value is -3.47. The van der Waals surface area contributed by atoms with E-state index in [4.69, 9.17) is 4.84 Å². The number of aryl methyl sites for hydroxylation is 1. The van der Waals surface area contributed by atoms with Gasteiger partial charge in [-0.1, -0.05) is 55.5 Å². The maximum atomic E-state index is 13.7. The molecule has 0 aromatic heterocycles. The molecule has 3 aromatic rings. The van der Waals surface area contributed by atoms with Crippen molar-refractivity contribution >= 4 is 11.6 Å². The van der Waals surface area contributed by atoms with Crippen molar-refractivity contribution in [3.05, 3.63) is 95.1 Å². The molecule has 9 nitrogen and oxygen atoms in total. The number of fused-ring (bicyclic) bond motifs is 5. The summed E-state index contributed by atoms with van der Waals surface area (Å²) in [6.45, 7) is 5.22. The van der Waals surface area contributed by atoms with Crippen molar-refractivity contribution in [2.45, 2.75) is 102 Å². The highest BCUT2D eigenvalue weighted by atomic mass is 16.7. The zero-order valence-corrected chi connectivity index (χ0v) is 31.0. The van der Waals surface area contributed by atoms with Gasteiger partial charge >= 0.3 is 0 Å². The molecule has 3 fully saturated rings. The van der Waals surface area contributed by atoms with Gasteiger partial charge in [0.2, 0.25) is 5.91 Å². The van der Waals surface area contributed by atoms with E-state index in [0.717, 1.165) is 68.3 Å². The van der Waals surface area contributed by atoms with Gasteiger partial charge in [-0.15, -0.1) is 0 Å². The molecule has 3 aromatic carbocycles. The van der Waals surface area contributed by atoms with E-state index in [-0.39, 0.29) is 17.9 Å². The van der Waals surface area contributed by atoms with Crippen molar-refractivity contribution in [1.82, 2.24) is 10.4 Å². The third-order valence-corrected chi connectivity index (χ3v) is 13.4. The number of para-hydroxylation sites is 1. The first kappa shape index (κ1) is 36.9. The number of hydrogen-bond acceptors (Lipinski definition) is 8. The quantitative estimate of drug-likeness (QED) is 0.160. The third-order valence-electron chi connectivity index (χ3n) is 13.4. The van der Waals surface area contributed by atoms with Crippen molar-refractivity contribution in [3.8, 4) is 5.75 Å². The summed E-state index contributed by atoms with van der Waals surface area (Å²) in [6.07, 6.45) is 5.64. The zero-order valence-electron chi connectivity index (χ0n) is 31.0. The van der Waals surface area contributed by atoms with E-state index in [2.05, 4.69) is 47.5 Å². The number of benzene rings is 3. The lowest BCUT2D eigenvalue weighted by Gasteiger charge is -2.53. The summed E-state index contributed by atoms with van der Waals surface area (Å²) in [5.74, 6) is 1.01. The monoisotopic (exact) mass is 711 g/mol. The summed E-state index contributed by atoms with van der Waals surface area (Å²) >= 11 is 0. The van der Waals surface area contributed by atoms with Crippen LogP contribution in [0.25, 0.3) is 0 Å². The fourth-order valence-corrected chi connectivity index (χ4v) is 10.6. The van der Waals surface area contributed by atoms with Crippen LogP contribution in [0.2, 0.25) is 0 Å². The topological polar surface area (TPSA) is 126 Å². The Morgan fingerprint density at radius 2 is 1.83 bits per heavy atom. The molecule has 9 heteroatoms. The van der Waals surface area contributed by atoms with Crippen LogP contribution in [0.15, 0.2) is 72.8 Å². The zero-order chi connectivity index (χ0) is 36.6. The van der Waals surface area contributed by atoms with Gasteiger partial charge in [0.25, 0.3) is 0 Å². The molecule has 280 valence electrons. The summed E-state index contributed by atoms with van der Waals surface area (Å²) in [6, 6.07) is 23.5. The number of phenols is 1. The van der Waals surface area contributed by atoms with Crippen LogP contribution in [-0.2, 0) is 29.0 Å². The molecule has 9 atom stereocenters. The first-order valence-corrected chi connectivity index (χ1v) is 19.4. The van der Waals surface area contributed by atoms with E-state index in [1.165, 1.54) is 11.1 Å². The van der Waals surface area contributed by atoms with Crippen LogP contribution in [0.5, 0.6) is 5.75 Å². The molecule has 0 unspecified atom stereocenters. The fourth-order valence-electron chi connectivity index (χ4n) is 10.6. The lowest BCUT2D eigenvalue weighted by molar-refractivity contribution is -0.181. The van der Waals surface area contributed by atoms with Gasteiger partial charge in [0, 0.05) is 38.2 Å². The van der Waals surface area contributed by atoms with E-state index in [9.17, 15) is 25.2 Å². The molecular formula is C43H57N3O6. The number of rotatable bonds is 12. The highest BCUT2D eigenvalue weighted by molar-refractivity contribution is 5.82. The minimum atomic E-state index is -0.862. The molecule has 0 spiro atoms. The van der Waals surface area contributed by atoms with E-state index < -0.39 is 29.8 Å². The maximum absolute atomic E-state index is 13.7. The molecular weight excluding hydrogens is 654 g/mol. The number of hydrogen-bond donors (Lipinski definition) is 5. The lowest BCUT2D eigenvalue weighted by atomic mass is 9.53. The number of phenolic OH excluding ortho intramolecular Hbond substituents is 1. The smallest absolute Gasteiger partial charge is 0.240 e. The Bertz CT molecular complexity index is 1700. The van der Waals surface area contributed by atoms with Crippen LogP contribution in [0.1, 0.15) is 80.5 Å². The summed E-state index contributed by atoms with van der Waals surface area (Å²) < 4.78 is 0. The van der Waals surface area contributed by atoms with Gasteiger partial charge in [-0.3, -0.25) is 9.63 Å². The number of aliphatic hydroxyl groups excluding tert-OH is 2. The van der Waals surface area contributed by atoms with Crippen LogP contribution in [-0.4, -0.2) is 82.0 Å². The van der Waals surface area contributed by atoms with Crippen molar-refractivity contribution in [3.63, 3.8) is 0 Å². The summed E-state index contributed by atoms with van der Waals surface area (Å²) in [5, 5.41) is 48.2. The molecule has 52 heavy (non-hydrogen) atoms. The second-order valence-electron chi connectivity index (χ2n) is 16.4. The molecule has 1 amide bonds. The van der Waals surface area contributed by atoms with E-state index in [0.29, 0.717) is 43.0 Å². The van der Waals surface area contributed by atoms with Gasteiger partial charge in [0.15, 0.2) is 0 Å². The Balaban J connectivity index is 1.02. The number of aliphatic hydroxyl groups is 3. The van der Waals surface area contributed by atoms with Crippen molar-refractivity contribution in [1.29, 1.82) is 0 Å². The molecule has 1 aliphatic heterocycles. The molecule has 4 aliphatic rings. The molecule has 7 rings (SSSR count). The van der Waals surface area contributed by atoms with Crippen LogP contribution in [0.4, 0.5) is 5.69 Å². The average Bonchev–Trinajstić information content (AvgIpc) is 3.64. The number of carbonyl (C=O) groups excluding carboxylic acids is 1. The SMILES string of the molecule is C[C@H](O)[C@@H]1[C@H](CO)ON(Cc2cccc(C[C@]3(O)CC[C@H]4[C@@H]5CCc6cc(O)ccc6[C@H]5CC[C@@]43C)c2)[C@@H]1C(=O)NCCCN(C)c1ccccc1. The molecule has 1 heterocycles. The largest absolute Gasteiger partial charge is 0.508 e. The Labute approximate surface area is 308 Å². The Kier molecular flexibility index (Phi) is 10.7. The maximum Gasteiger partial charge on any atom is 0.240 e. The second kappa shape index (κ2) is 15.1. The average molecular weight is 712 g/mol. The number of carbonyl (C=O) groups is 1. The standard InChI is InChI=1S/C43H57N3O6/c1-28(48)39-38(27-47)52-46(40(39)41(50)44-21-8-22-45(3)32-11-5-4-6-12-32)26-30-10-7-9-29(23-30)25-43(51)20-18-37-36-15-13-31-24-33(49)14-16-34(31)35(36)17-19-42(37,43)2/h4-7,9-12,14,16,23-24,28,35-40,47-49,51H,8,13,15,17-22,25-27H2,1-3H3,(H,44,50)/t28-,35+,36+,37-,38-,39+,40-,42-,43+/m0/s1. The van der Waals surface area contributed by atoms with Crippen LogP contribution in [0, 0.1) is 23.2 Å². The van der Waals surface area contributed by atoms with Crippen molar-refractivity contribution < 1.29 is 30.1 Å². The van der Waals surface area contributed by atoms with Gasteiger partial charge in [0.05, 0.1) is 24.9 Å². The first-order valence-electron chi connectivity index (χ1n) is 19.4. The van der Waals surface area contributed by atoms with Crippen molar-refractivity contribution in [2.24, 2.45) is 23.2 Å². The molecule has 0 radical (unpaired) electrons. The predicted molar refractivity (Wildman–Crippen MR) is 202 cm³/mol. The van der Waals surface area contributed by atoms with Gasteiger partial charge in [-0.2, -0.15) is 5.06 Å². The van der Waals surface area contributed by atoms with Crippen LogP contribution >= 0.6 is 0 Å². The first-order chi connectivity index (χ1) is 25.0. The molecule has 0 bridgehead atoms. The van der Waals surface area contributed by atoms with Gasteiger partial charge < -0.3 is 30.6 Å². The number of anilines is 1. The van der Waals surface area contributed by atoms with Crippen LogP contribution < -0.4 is 10.2 Å². The Morgan fingerprint density at radius 3 is 2.60 bits per heavy atom. The molecule has 5 N–H and O–H groups in total. The number of hydroxylamine groups is 2. The number of nitrogens with zero attached hydrogens (tertiary/aromatic N) is 2. The number of amides is 1. The molecule has 3 aliphatic carbocycles.